The lowest BCUT2D eigenvalue weighted by Crippen LogP contribution is -2.49. The van der Waals surface area contributed by atoms with Crippen molar-refractivity contribution in [2.75, 3.05) is 60.3 Å². The number of carbonyl (C=O) groups is 7. The molecular weight excluding hydrogens is 839 g/mol. The third kappa shape index (κ3) is 38.1. The zero-order valence-corrected chi connectivity index (χ0v) is 41.3. The van der Waals surface area contributed by atoms with Gasteiger partial charge in [0.1, 0.15) is 0 Å². The molecule has 0 aromatic carbocycles. The SMILES string of the molecule is CCCCCCCCC(=O)OCCCCOC(=O)CC(CC(=O)OCCCCOC(=O)CCCCCCCC)(OC(=O)CCN(C)C)C(=O)OCCCCOC(=O)CCCCCCCC. The number of esters is 7. The molecule has 0 unspecified atom stereocenters. The molecule has 15 heteroatoms. The van der Waals surface area contributed by atoms with Crippen LogP contribution in [0.1, 0.15) is 213 Å². The fourth-order valence-corrected chi connectivity index (χ4v) is 6.68. The Hall–Kier alpha value is -3.75. The second kappa shape index (κ2) is 42.9. The summed E-state index contributed by atoms with van der Waals surface area (Å²) in [7, 11) is 3.51. The van der Waals surface area contributed by atoms with E-state index >= 15 is 0 Å². The Labute approximate surface area is 391 Å². The van der Waals surface area contributed by atoms with Gasteiger partial charge in [0.2, 0.25) is 5.60 Å². The van der Waals surface area contributed by atoms with Crippen molar-refractivity contribution < 1.29 is 66.7 Å². The maximum atomic E-state index is 13.9. The van der Waals surface area contributed by atoms with Crippen molar-refractivity contribution in [1.82, 2.24) is 4.90 Å². The highest BCUT2D eigenvalue weighted by Crippen LogP contribution is 2.27. The fraction of sp³-hybridized carbons (Fsp3) is 0.860. The molecule has 0 bridgehead atoms. The smallest absolute Gasteiger partial charge is 0.351 e. The molecule has 378 valence electrons. The van der Waals surface area contributed by atoms with Crippen LogP contribution in [0.2, 0.25) is 0 Å². The fourth-order valence-electron chi connectivity index (χ4n) is 6.68. The molecule has 0 saturated heterocycles. The monoisotopic (exact) mass is 928 g/mol. The lowest BCUT2D eigenvalue weighted by Gasteiger charge is -2.30. The van der Waals surface area contributed by atoms with E-state index in [2.05, 4.69) is 20.8 Å². The van der Waals surface area contributed by atoms with Crippen molar-refractivity contribution in [2.24, 2.45) is 0 Å². The number of hydrogen-bond donors (Lipinski definition) is 0. The second-order valence-electron chi connectivity index (χ2n) is 17.3. The maximum Gasteiger partial charge on any atom is 0.351 e. The van der Waals surface area contributed by atoms with Gasteiger partial charge in [-0.15, -0.1) is 0 Å². The number of carbonyl (C=O) groups excluding carboxylic acids is 7. The van der Waals surface area contributed by atoms with Crippen molar-refractivity contribution in [3.8, 4) is 0 Å². The van der Waals surface area contributed by atoms with Crippen LogP contribution in [-0.4, -0.2) is 113 Å². The Balaban J connectivity index is 5.45. The van der Waals surface area contributed by atoms with Crippen molar-refractivity contribution in [2.45, 2.75) is 219 Å². The van der Waals surface area contributed by atoms with E-state index in [4.69, 9.17) is 33.2 Å². The summed E-state index contributed by atoms with van der Waals surface area (Å²) in [5.41, 5.74) is -2.39. The number of unbranched alkanes of at least 4 members (excludes halogenated alkanes) is 18. The minimum absolute atomic E-state index is 0.0704. The first-order chi connectivity index (χ1) is 31.4. The first-order valence-electron chi connectivity index (χ1n) is 25.2. The Kier molecular flexibility index (Phi) is 40.4. The molecule has 0 heterocycles. The Morgan fingerprint density at radius 3 is 0.954 bits per heavy atom. The summed E-state index contributed by atoms with van der Waals surface area (Å²) in [6.45, 7) is 6.89. The molecule has 0 aromatic rings. The molecule has 0 aliphatic rings. The first kappa shape index (κ1) is 61.2. The van der Waals surface area contributed by atoms with Gasteiger partial charge < -0.3 is 38.1 Å². The van der Waals surface area contributed by atoms with Gasteiger partial charge in [-0.05, 0) is 71.9 Å². The van der Waals surface area contributed by atoms with E-state index in [1.165, 1.54) is 19.3 Å². The minimum Gasteiger partial charge on any atom is -0.466 e. The molecule has 0 spiro atoms. The molecule has 65 heavy (non-hydrogen) atoms. The lowest BCUT2D eigenvalue weighted by molar-refractivity contribution is -0.191. The van der Waals surface area contributed by atoms with Crippen LogP contribution in [0.4, 0.5) is 0 Å². The van der Waals surface area contributed by atoms with E-state index < -0.39 is 42.3 Å². The van der Waals surface area contributed by atoms with Crippen LogP contribution in [0.25, 0.3) is 0 Å². The lowest BCUT2D eigenvalue weighted by atomic mass is 9.94. The van der Waals surface area contributed by atoms with Gasteiger partial charge in [0, 0.05) is 25.8 Å². The number of ether oxygens (including phenoxy) is 7. The van der Waals surface area contributed by atoms with Gasteiger partial charge >= 0.3 is 41.8 Å². The summed E-state index contributed by atoms with van der Waals surface area (Å²) in [5, 5.41) is 0. The van der Waals surface area contributed by atoms with E-state index in [-0.39, 0.29) is 70.5 Å². The van der Waals surface area contributed by atoms with E-state index in [1.807, 2.05) is 0 Å². The molecule has 15 nitrogen and oxygen atoms in total. The molecule has 0 fully saturated rings. The van der Waals surface area contributed by atoms with Crippen LogP contribution in [0.15, 0.2) is 0 Å². The summed E-state index contributed by atoms with van der Waals surface area (Å²) in [6.07, 6.45) is 20.6. The quantitative estimate of drug-likeness (QED) is 0.0319. The molecular formula is C50H89NO14. The van der Waals surface area contributed by atoms with Gasteiger partial charge in [-0.25, -0.2) is 4.79 Å². The van der Waals surface area contributed by atoms with Gasteiger partial charge in [0.05, 0.1) is 58.9 Å². The number of rotatable bonds is 45. The summed E-state index contributed by atoms with van der Waals surface area (Å²) < 4.78 is 38.0. The van der Waals surface area contributed by atoms with Crippen molar-refractivity contribution in [3.05, 3.63) is 0 Å². The summed E-state index contributed by atoms with van der Waals surface area (Å²) >= 11 is 0. The second-order valence-corrected chi connectivity index (χ2v) is 17.3. The largest absolute Gasteiger partial charge is 0.466 e. The third-order valence-corrected chi connectivity index (χ3v) is 10.7. The van der Waals surface area contributed by atoms with Crippen molar-refractivity contribution in [3.63, 3.8) is 0 Å². The molecule has 0 amide bonds. The summed E-state index contributed by atoms with van der Waals surface area (Å²) in [4.78, 5) is 91.8. The Morgan fingerprint density at radius 2 is 0.631 bits per heavy atom. The number of nitrogens with zero attached hydrogens (tertiary/aromatic N) is 1. The average molecular weight is 928 g/mol. The topological polar surface area (TPSA) is 187 Å². The molecule has 0 aliphatic heterocycles. The standard InChI is InChI=1S/C50H89NO14/c1-6-9-12-15-18-21-30-43(52)59-35-24-26-38-62-47(56)41-50(65-46(55)33-34-51(4)5,49(58)64-40-29-28-37-61-45(54)32-23-20-17-14-11-8-3)42-48(57)63-39-27-25-36-60-44(53)31-22-19-16-13-10-7-2/h6-42H2,1-5H3. The Bertz CT molecular complexity index is 1220. The number of hydrogen-bond acceptors (Lipinski definition) is 15. The summed E-state index contributed by atoms with van der Waals surface area (Å²) in [6, 6.07) is 0. The van der Waals surface area contributed by atoms with Gasteiger partial charge in [-0.2, -0.15) is 0 Å². The van der Waals surface area contributed by atoms with Gasteiger partial charge in [0.25, 0.3) is 0 Å². The predicted octanol–water partition coefficient (Wildman–Crippen LogP) is 9.85. The van der Waals surface area contributed by atoms with Crippen LogP contribution in [-0.2, 0) is 66.7 Å². The van der Waals surface area contributed by atoms with Gasteiger partial charge in [-0.3, -0.25) is 28.8 Å². The van der Waals surface area contributed by atoms with Gasteiger partial charge in [0.15, 0.2) is 0 Å². The zero-order chi connectivity index (χ0) is 48.2. The first-order valence-corrected chi connectivity index (χ1v) is 25.2. The molecule has 0 atom stereocenters. The van der Waals surface area contributed by atoms with Crippen molar-refractivity contribution >= 4 is 41.8 Å². The zero-order valence-electron chi connectivity index (χ0n) is 41.3. The molecule has 0 radical (unpaired) electrons. The highest BCUT2D eigenvalue weighted by molar-refractivity contribution is 5.92. The van der Waals surface area contributed by atoms with E-state index in [0.717, 1.165) is 96.3 Å². The van der Waals surface area contributed by atoms with E-state index in [9.17, 15) is 33.6 Å². The van der Waals surface area contributed by atoms with E-state index in [0.29, 0.717) is 57.8 Å². The molecule has 0 N–H and O–H groups in total. The van der Waals surface area contributed by atoms with Crippen LogP contribution in [0.3, 0.4) is 0 Å². The minimum atomic E-state index is -2.39. The summed E-state index contributed by atoms with van der Waals surface area (Å²) in [5.74, 6) is -4.58. The van der Waals surface area contributed by atoms with Crippen molar-refractivity contribution in [1.29, 1.82) is 0 Å². The molecule has 0 aliphatic carbocycles. The highest BCUT2D eigenvalue weighted by atomic mass is 16.6. The molecule has 0 rings (SSSR count). The van der Waals surface area contributed by atoms with Crippen LogP contribution < -0.4 is 0 Å². The normalized spacial score (nSPS) is 11.2. The third-order valence-electron chi connectivity index (χ3n) is 10.7. The predicted molar refractivity (Wildman–Crippen MR) is 249 cm³/mol. The van der Waals surface area contributed by atoms with Gasteiger partial charge in [-0.1, -0.05) is 117 Å². The van der Waals surface area contributed by atoms with Crippen LogP contribution >= 0.6 is 0 Å². The highest BCUT2D eigenvalue weighted by Gasteiger charge is 2.49. The average Bonchev–Trinajstić information content (AvgIpc) is 3.27. The molecule has 0 aromatic heterocycles. The maximum absolute atomic E-state index is 13.9. The van der Waals surface area contributed by atoms with Crippen LogP contribution in [0, 0.1) is 0 Å². The molecule has 0 saturated carbocycles. The van der Waals surface area contributed by atoms with Crippen LogP contribution in [0.5, 0.6) is 0 Å². The van der Waals surface area contributed by atoms with E-state index in [1.54, 1.807) is 19.0 Å². The Morgan fingerprint density at radius 1 is 0.338 bits per heavy atom.